The highest BCUT2D eigenvalue weighted by Crippen LogP contribution is 2.35. The molecule has 4 atom stereocenters. The van der Waals surface area contributed by atoms with Gasteiger partial charge in [0, 0.05) is 15.4 Å². The number of carbonyl (C=O) groups excluding carboxylic acids is 2. The van der Waals surface area contributed by atoms with Crippen molar-refractivity contribution in [2.24, 2.45) is 11.5 Å². The van der Waals surface area contributed by atoms with Gasteiger partial charge in [0.2, 0.25) is 11.8 Å². The zero-order valence-corrected chi connectivity index (χ0v) is 16.4. The van der Waals surface area contributed by atoms with Crippen LogP contribution in [0.2, 0.25) is 0 Å². The number of aliphatic hydroxyl groups excluding tert-OH is 6. The Morgan fingerprint density at radius 1 is 0.815 bits per heavy atom. The molecule has 0 aliphatic heterocycles. The van der Waals surface area contributed by atoms with E-state index in [0.717, 1.165) is 0 Å². The second-order valence-electron chi connectivity index (χ2n) is 5.93. The third-order valence-electron chi connectivity index (χ3n) is 4.32. The molecule has 0 aliphatic carbocycles. The van der Waals surface area contributed by atoms with Crippen molar-refractivity contribution in [3.8, 4) is 0 Å². The van der Waals surface area contributed by atoms with Gasteiger partial charge in [-0.05, 0) is 33.7 Å². The Labute approximate surface area is 168 Å². The third-order valence-corrected chi connectivity index (χ3v) is 5.39. The summed E-state index contributed by atoms with van der Waals surface area (Å²) >= 11 is 1.64. The lowest BCUT2D eigenvalue weighted by atomic mass is 9.82. The molecule has 1 rings (SSSR count). The number of hydrogen-bond acceptors (Lipinski definition) is 8. The molecule has 0 heterocycles. The molecule has 0 saturated heterocycles. The maximum atomic E-state index is 12.0. The molecule has 11 heteroatoms. The van der Waals surface area contributed by atoms with Crippen molar-refractivity contribution in [1.82, 2.24) is 0 Å². The SMILES string of the molecule is NC(=O)c1c(C(CO)C(O)CO)cc(C(CO)C(O)CO)c(C(N)=O)c1I. The van der Waals surface area contributed by atoms with E-state index >= 15 is 0 Å². The first-order valence-electron chi connectivity index (χ1n) is 7.91. The number of amides is 2. The summed E-state index contributed by atoms with van der Waals surface area (Å²) in [5.41, 5.74) is 10.5. The Kier molecular flexibility index (Phi) is 9.01. The van der Waals surface area contributed by atoms with Crippen LogP contribution in [0, 0.1) is 3.57 Å². The molecule has 27 heavy (non-hydrogen) atoms. The summed E-state index contributed by atoms with van der Waals surface area (Å²) in [4.78, 5) is 24.0. The van der Waals surface area contributed by atoms with E-state index in [9.17, 15) is 40.2 Å². The number of primary amides is 2. The number of halogens is 1. The van der Waals surface area contributed by atoms with E-state index in [4.69, 9.17) is 11.5 Å². The average molecular weight is 498 g/mol. The molecule has 0 aliphatic rings. The summed E-state index contributed by atoms with van der Waals surface area (Å²) in [6, 6.07) is 1.21. The first-order chi connectivity index (χ1) is 12.7. The number of carbonyl (C=O) groups is 2. The molecule has 4 unspecified atom stereocenters. The van der Waals surface area contributed by atoms with Crippen LogP contribution < -0.4 is 11.5 Å². The fraction of sp³-hybridized carbons (Fsp3) is 0.500. The van der Waals surface area contributed by atoms with Gasteiger partial charge in [0.05, 0.1) is 49.8 Å². The van der Waals surface area contributed by atoms with Gasteiger partial charge in [-0.2, -0.15) is 0 Å². The maximum absolute atomic E-state index is 12.0. The Morgan fingerprint density at radius 3 is 1.37 bits per heavy atom. The van der Waals surface area contributed by atoms with Crippen molar-refractivity contribution >= 4 is 34.4 Å². The Balaban J connectivity index is 3.92. The molecule has 152 valence electrons. The highest BCUT2D eigenvalue weighted by atomic mass is 127. The van der Waals surface area contributed by atoms with E-state index in [1.807, 2.05) is 0 Å². The van der Waals surface area contributed by atoms with Crippen molar-refractivity contribution < 1.29 is 40.2 Å². The zero-order chi connectivity index (χ0) is 20.9. The van der Waals surface area contributed by atoms with Gasteiger partial charge in [-0.15, -0.1) is 0 Å². The number of nitrogens with two attached hydrogens (primary N) is 2. The average Bonchev–Trinajstić information content (AvgIpc) is 2.61. The van der Waals surface area contributed by atoms with Crippen LogP contribution in [-0.2, 0) is 0 Å². The van der Waals surface area contributed by atoms with Crippen LogP contribution in [0.5, 0.6) is 0 Å². The predicted molar refractivity (Wildman–Crippen MR) is 102 cm³/mol. The zero-order valence-electron chi connectivity index (χ0n) is 14.2. The first-order valence-corrected chi connectivity index (χ1v) is 8.99. The Hall–Kier alpha value is -1.35. The van der Waals surface area contributed by atoms with Gasteiger partial charge in [0.1, 0.15) is 0 Å². The molecule has 1 aromatic carbocycles. The minimum absolute atomic E-state index is 0.00674. The summed E-state index contributed by atoms with van der Waals surface area (Å²) in [5, 5.41) is 57.7. The summed E-state index contributed by atoms with van der Waals surface area (Å²) < 4.78 is 0.00674. The Morgan fingerprint density at radius 2 is 1.15 bits per heavy atom. The molecule has 0 fully saturated rings. The smallest absolute Gasteiger partial charge is 0.250 e. The number of benzene rings is 1. The van der Waals surface area contributed by atoms with Gasteiger partial charge in [0.15, 0.2) is 0 Å². The lowest BCUT2D eigenvalue weighted by Gasteiger charge is -2.28. The van der Waals surface area contributed by atoms with Crippen LogP contribution in [0.25, 0.3) is 0 Å². The fourth-order valence-corrected chi connectivity index (χ4v) is 4.04. The van der Waals surface area contributed by atoms with Crippen molar-refractivity contribution in [2.45, 2.75) is 24.0 Å². The molecule has 0 spiro atoms. The molecule has 0 aromatic heterocycles. The van der Waals surface area contributed by atoms with E-state index < -0.39 is 62.3 Å². The monoisotopic (exact) mass is 498 g/mol. The van der Waals surface area contributed by atoms with Crippen LogP contribution >= 0.6 is 22.6 Å². The third kappa shape index (κ3) is 4.93. The van der Waals surface area contributed by atoms with Crippen molar-refractivity contribution in [3.05, 3.63) is 31.9 Å². The highest BCUT2D eigenvalue weighted by molar-refractivity contribution is 14.1. The quantitative estimate of drug-likeness (QED) is 0.159. The summed E-state index contributed by atoms with van der Waals surface area (Å²) in [7, 11) is 0. The predicted octanol–water partition coefficient (Wildman–Crippen LogP) is -2.65. The van der Waals surface area contributed by atoms with Gasteiger partial charge in [-0.3, -0.25) is 9.59 Å². The summed E-state index contributed by atoms with van der Waals surface area (Å²) in [6.45, 7) is -2.79. The minimum Gasteiger partial charge on any atom is -0.396 e. The van der Waals surface area contributed by atoms with Crippen molar-refractivity contribution in [1.29, 1.82) is 0 Å². The lowest BCUT2D eigenvalue weighted by Crippen LogP contribution is -2.33. The largest absolute Gasteiger partial charge is 0.396 e. The van der Waals surface area contributed by atoms with Gasteiger partial charge in [0.25, 0.3) is 0 Å². The molecule has 10 N–H and O–H groups in total. The van der Waals surface area contributed by atoms with E-state index in [1.165, 1.54) is 6.07 Å². The molecule has 10 nitrogen and oxygen atoms in total. The second-order valence-corrected chi connectivity index (χ2v) is 7.00. The van der Waals surface area contributed by atoms with Crippen LogP contribution in [0.3, 0.4) is 0 Å². The second kappa shape index (κ2) is 10.3. The normalized spacial score (nSPS) is 15.8. The van der Waals surface area contributed by atoms with E-state index in [0.29, 0.717) is 0 Å². The van der Waals surface area contributed by atoms with Crippen LogP contribution in [0.15, 0.2) is 6.07 Å². The van der Waals surface area contributed by atoms with E-state index in [2.05, 4.69) is 0 Å². The van der Waals surface area contributed by atoms with Gasteiger partial charge < -0.3 is 42.1 Å². The van der Waals surface area contributed by atoms with Gasteiger partial charge >= 0.3 is 0 Å². The van der Waals surface area contributed by atoms with Gasteiger partial charge in [-0.25, -0.2) is 0 Å². The van der Waals surface area contributed by atoms with Crippen LogP contribution in [0.1, 0.15) is 43.7 Å². The molecule has 0 radical (unpaired) electrons. The standard InChI is InChI=1S/C16H23IN2O8/c17-14-12(15(18)26)6(8(2-20)10(24)4-22)1-7(13(14)16(19)27)9(3-21)11(25)5-23/h1,8-11,20-25H,2-5H2,(H2,18,26)(H2,19,27). The fourth-order valence-electron chi connectivity index (χ4n) is 2.89. The molecule has 2 amide bonds. The Bertz CT molecular complexity index is 645. The van der Waals surface area contributed by atoms with Crippen LogP contribution in [0.4, 0.5) is 0 Å². The molecule has 0 saturated carbocycles. The topological polar surface area (TPSA) is 208 Å². The molecule has 1 aromatic rings. The highest BCUT2D eigenvalue weighted by Gasteiger charge is 2.33. The summed E-state index contributed by atoms with van der Waals surface area (Å²) in [5.74, 6) is -4.21. The number of rotatable bonds is 10. The number of hydrogen-bond donors (Lipinski definition) is 8. The molecular weight excluding hydrogens is 475 g/mol. The summed E-state index contributed by atoms with van der Waals surface area (Å²) in [6.07, 6.45) is -2.90. The number of aliphatic hydroxyl groups is 6. The van der Waals surface area contributed by atoms with Crippen molar-refractivity contribution in [3.63, 3.8) is 0 Å². The minimum atomic E-state index is -1.45. The van der Waals surface area contributed by atoms with Crippen molar-refractivity contribution in [2.75, 3.05) is 26.4 Å². The van der Waals surface area contributed by atoms with E-state index in [-0.39, 0.29) is 25.8 Å². The maximum Gasteiger partial charge on any atom is 0.250 e. The van der Waals surface area contributed by atoms with Gasteiger partial charge in [-0.1, -0.05) is 6.07 Å². The van der Waals surface area contributed by atoms with Crippen LogP contribution in [-0.4, -0.2) is 81.1 Å². The molecular formula is C16H23IN2O8. The van der Waals surface area contributed by atoms with E-state index in [1.54, 1.807) is 22.6 Å². The lowest BCUT2D eigenvalue weighted by molar-refractivity contribution is 0.0502. The first kappa shape index (κ1) is 23.7. The molecule has 0 bridgehead atoms.